The van der Waals surface area contributed by atoms with E-state index < -0.39 is 0 Å². The SMILES string of the molecule is CCC(C)NC(=O)C1CCN(c2cnc3nccnc3c2)CC1. The summed E-state index contributed by atoms with van der Waals surface area (Å²) in [5, 5.41) is 3.09. The van der Waals surface area contributed by atoms with E-state index in [1.165, 1.54) is 0 Å². The van der Waals surface area contributed by atoms with Crippen LogP contribution in [-0.2, 0) is 4.79 Å². The molecular weight excluding hydrogens is 290 g/mol. The second kappa shape index (κ2) is 6.89. The van der Waals surface area contributed by atoms with Crippen LogP contribution in [-0.4, -0.2) is 40.0 Å². The quantitative estimate of drug-likeness (QED) is 0.936. The number of anilines is 1. The predicted molar refractivity (Wildman–Crippen MR) is 90.2 cm³/mol. The Morgan fingerprint density at radius 2 is 2.04 bits per heavy atom. The zero-order chi connectivity index (χ0) is 16.2. The summed E-state index contributed by atoms with van der Waals surface area (Å²) in [5.74, 6) is 0.315. The van der Waals surface area contributed by atoms with Crippen LogP contribution < -0.4 is 10.2 Å². The third kappa shape index (κ3) is 3.57. The molecule has 2 aromatic heterocycles. The summed E-state index contributed by atoms with van der Waals surface area (Å²) in [6, 6.07) is 2.28. The van der Waals surface area contributed by atoms with E-state index in [4.69, 9.17) is 0 Å². The van der Waals surface area contributed by atoms with Crippen LogP contribution in [0.2, 0.25) is 0 Å². The van der Waals surface area contributed by atoms with Crippen LogP contribution in [0, 0.1) is 5.92 Å². The van der Waals surface area contributed by atoms with Crippen molar-refractivity contribution in [2.75, 3.05) is 18.0 Å². The van der Waals surface area contributed by atoms with Crippen molar-refractivity contribution in [2.45, 2.75) is 39.2 Å². The first-order chi connectivity index (χ1) is 11.2. The second-order valence-electron chi connectivity index (χ2n) is 6.17. The molecule has 0 bridgehead atoms. The molecule has 1 unspecified atom stereocenters. The zero-order valence-electron chi connectivity index (χ0n) is 13.7. The molecular formula is C17H23N5O. The molecule has 1 fully saturated rings. The van der Waals surface area contributed by atoms with Gasteiger partial charge in [0.15, 0.2) is 5.65 Å². The molecule has 1 aliphatic heterocycles. The van der Waals surface area contributed by atoms with Crippen molar-refractivity contribution in [3.63, 3.8) is 0 Å². The maximum absolute atomic E-state index is 12.2. The van der Waals surface area contributed by atoms with Gasteiger partial charge < -0.3 is 10.2 Å². The fraction of sp³-hybridized carbons (Fsp3) is 0.529. The van der Waals surface area contributed by atoms with Gasteiger partial charge in [-0.2, -0.15) is 0 Å². The molecule has 1 atom stereocenters. The highest BCUT2D eigenvalue weighted by Gasteiger charge is 2.25. The molecule has 122 valence electrons. The van der Waals surface area contributed by atoms with E-state index in [-0.39, 0.29) is 17.9 Å². The van der Waals surface area contributed by atoms with Crippen molar-refractivity contribution in [1.29, 1.82) is 0 Å². The van der Waals surface area contributed by atoms with Crippen molar-refractivity contribution >= 4 is 22.8 Å². The minimum absolute atomic E-state index is 0.119. The molecule has 23 heavy (non-hydrogen) atoms. The fourth-order valence-electron chi connectivity index (χ4n) is 2.88. The lowest BCUT2D eigenvalue weighted by atomic mass is 9.95. The Hall–Kier alpha value is -2.24. The Kier molecular flexibility index (Phi) is 4.69. The van der Waals surface area contributed by atoms with Gasteiger partial charge in [-0.3, -0.25) is 9.78 Å². The van der Waals surface area contributed by atoms with E-state index in [1.807, 2.05) is 12.3 Å². The van der Waals surface area contributed by atoms with E-state index in [9.17, 15) is 4.79 Å². The summed E-state index contributed by atoms with van der Waals surface area (Å²) in [6.45, 7) is 5.87. The van der Waals surface area contributed by atoms with E-state index >= 15 is 0 Å². The standard InChI is InChI=1S/C17H23N5O/c1-3-12(2)21-17(23)13-4-8-22(9-5-13)14-10-15-16(20-11-14)19-7-6-18-15/h6-7,10-13H,3-5,8-9H2,1-2H3,(H,21,23). The van der Waals surface area contributed by atoms with Gasteiger partial charge in [-0.1, -0.05) is 6.92 Å². The normalized spacial score (nSPS) is 17.2. The summed E-state index contributed by atoms with van der Waals surface area (Å²) in [6.07, 6.45) is 7.89. The van der Waals surface area contributed by atoms with Gasteiger partial charge in [0.1, 0.15) is 5.52 Å². The molecule has 1 N–H and O–H groups in total. The summed E-state index contributed by atoms with van der Waals surface area (Å²) in [5.41, 5.74) is 2.53. The molecule has 3 rings (SSSR count). The lowest BCUT2D eigenvalue weighted by Gasteiger charge is -2.33. The first-order valence-corrected chi connectivity index (χ1v) is 8.29. The summed E-state index contributed by atoms with van der Waals surface area (Å²) >= 11 is 0. The highest BCUT2D eigenvalue weighted by molar-refractivity contribution is 5.79. The third-order valence-electron chi connectivity index (χ3n) is 4.54. The Balaban J connectivity index is 1.62. The molecule has 1 saturated heterocycles. The van der Waals surface area contributed by atoms with Gasteiger partial charge in [0.2, 0.25) is 5.91 Å². The van der Waals surface area contributed by atoms with Gasteiger partial charge >= 0.3 is 0 Å². The molecule has 1 amide bonds. The fourth-order valence-corrected chi connectivity index (χ4v) is 2.88. The molecule has 0 saturated carbocycles. The Morgan fingerprint density at radius 3 is 2.78 bits per heavy atom. The van der Waals surface area contributed by atoms with Gasteiger partial charge in [0, 0.05) is 37.4 Å². The third-order valence-corrected chi connectivity index (χ3v) is 4.54. The molecule has 0 aliphatic carbocycles. The van der Waals surface area contributed by atoms with Crippen LogP contribution in [0.5, 0.6) is 0 Å². The molecule has 3 heterocycles. The van der Waals surface area contributed by atoms with E-state index in [2.05, 4.69) is 39.0 Å². The number of nitrogens with zero attached hydrogens (tertiary/aromatic N) is 4. The minimum Gasteiger partial charge on any atom is -0.370 e. The van der Waals surface area contributed by atoms with Gasteiger partial charge in [-0.15, -0.1) is 0 Å². The van der Waals surface area contributed by atoms with Crippen LogP contribution in [0.25, 0.3) is 11.2 Å². The number of fused-ring (bicyclic) bond motifs is 1. The van der Waals surface area contributed by atoms with Gasteiger partial charge in [-0.25, -0.2) is 9.97 Å². The monoisotopic (exact) mass is 313 g/mol. The number of nitrogens with one attached hydrogen (secondary N) is 1. The first kappa shape index (κ1) is 15.6. The second-order valence-corrected chi connectivity index (χ2v) is 6.17. The van der Waals surface area contributed by atoms with Crippen LogP contribution in [0.1, 0.15) is 33.1 Å². The number of hydrogen-bond acceptors (Lipinski definition) is 5. The maximum Gasteiger partial charge on any atom is 0.223 e. The number of hydrogen-bond donors (Lipinski definition) is 1. The lowest BCUT2D eigenvalue weighted by molar-refractivity contribution is -0.126. The highest BCUT2D eigenvalue weighted by Crippen LogP contribution is 2.24. The largest absolute Gasteiger partial charge is 0.370 e. The summed E-state index contributed by atoms with van der Waals surface area (Å²) in [4.78, 5) is 27.4. The maximum atomic E-state index is 12.2. The van der Waals surface area contributed by atoms with E-state index in [0.29, 0.717) is 5.65 Å². The number of amides is 1. The Labute approximate surface area is 136 Å². The van der Waals surface area contributed by atoms with Crippen LogP contribution >= 0.6 is 0 Å². The molecule has 6 nitrogen and oxygen atoms in total. The smallest absolute Gasteiger partial charge is 0.223 e. The van der Waals surface area contributed by atoms with Gasteiger partial charge in [-0.05, 0) is 32.3 Å². The van der Waals surface area contributed by atoms with E-state index in [1.54, 1.807) is 12.4 Å². The van der Waals surface area contributed by atoms with Crippen molar-refractivity contribution < 1.29 is 4.79 Å². The molecule has 6 heteroatoms. The van der Waals surface area contributed by atoms with Crippen LogP contribution in [0.15, 0.2) is 24.7 Å². The first-order valence-electron chi connectivity index (χ1n) is 8.29. The van der Waals surface area contributed by atoms with Crippen molar-refractivity contribution in [3.05, 3.63) is 24.7 Å². The molecule has 1 aliphatic rings. The number of pyridine rings is 1. The summed E-state index contributed by atoms with van der Waals surface area (Å²) in [7, 11) is 0. The Morgan fingerprint density at radius 1 is 1.30 bits per heavy atom. The van der Waals surface area contributed by atoms with Crippen LogP contribution in [0.3, 0.4) is 0 Å². The van der Waals surface area contributed by atoms with E-state index in [0.717, 1.165) is 43.6 Å². The highest BCUT2D eigenvalue weighted by atomic mass is 16.1. The Bertz CT molecular complexity index is 681. The minimum atomic E-state index is 0.119. The number of aromatic nitrogens is 3. The van der Waals surface area contributed by atoms with Crippen molar-refractivity contribution in [2.24, 2.45) is 5.92 Å². The molecule has 2 aromatic rings. The average Bonchev–Trinajstić information content (AvgIpc) is 2.61. The molecule has 0 aromatic carbocycles. The number of carbonyl (C=O) groups is 1. The zero-order valence-corrected chi connectivity index (χ0v) is 13.7. The van der Waals surface area contributed by atoms with Gasteiger partial charge in [0.05, 0.1) is 11.9 Å². The molecule has 0 spiro atoms. The lowest BCUT2D eigenvalue weighted by Crippen LogP contribution is -2.43. The number of carbonyl (C=O) groups excluding carboxylic acids is 1. The van der Waals surface area contributed by atoms with Gasteiger partial charge in [0.25, 0.3) is 0 Å². The summed E-state index contributed by atoms with van der Waals surface area (Å²) < 4.78 is 0. The predicted octanol–water partition coefficient (Wildman–Crippen LogP) is 2.16. The van der Waals surface area contributed by atoms with Crippen molar-refractivity contribution in [1.82, 2.24) is 20.3 Å². The molecule has 0 radical (unpaired) electrons. The number of piperidine rings is 1. The topological polar surface area (TPSA) is 71.0 Å². The van der Waals surface area contributed by atoms with Crippen LogP contribution in [0.4, 0.5) is 5.69 Å². The average molecular weight is 313 g/mol. The van der Waals surface area contributed by atoms with Crippen molar-refractivity contribution in [3.8, 4) is 0 Å². The number of rotatable bonds is 4.